The SMILES string of the molecule is Fc1c(F)c(F)c([B-]23ON=C(Sc4c(F)c(F)c(C(F)(F)F)c(F)c4F)/C(Sc4c(F)c(F)c(C(F)(F)F)c(F)c4F)=N/O[B-](c4c(F)c(F)c(F)c(F)c4F)(ON=C(Sc4c(F)c(F)c(C(F)(F)F)c(F)c4F)/C(Sc4c(F)c(F)c(C(F)(F)F)c(F)c4F)=N/O2)O/N=C(Sc2c(F)c(F)c(C(F)(F)F)c(F)c2F)/C(Sc2c(F)c(F)c(C(F)(F)F)c(F)c2F)=N/O3)c(F)c1F. The van der Waals surface area contributed by atoms with E-state index in [-0.39, 0.29) is 0 Å². The number of halogens is 52. The van der Waals surface area contributed by atoms with Crippen molar-refractivity contribution in [1.29, 1.82) is 0 Å². The zero-order chi connectivity index (χ0) is 99.9. The highest BCUT2D eigenvalue weighted by molar-refractivity contribution is 8.26. The third-order valence-corrected chi connectivity index (χ3v) is 22.2. The summed E-state index contributed by atoms with van der Waals surface area (Å²) in [5.74, 6) is -138. The molecule has 0 saturated heterocycles. The summed E-state index contributed by atoms with van der Waals surface area (Å²) in [4.78, 5) is -20.7. The maximum Gasteiger partial charge on any atom is 0.646 e. The van der Waals surface area contributed by atoms with Crippen molar-refractivity contribution in [2.75, 3.05) is 0 Å². The van der Waals surface area contributed by atoms with E-state index >= 15 is 149 Å². The minimum Gasteiger partial charge on any atom is -0.535 e. The average Bonchev–Trinajstić information content (AvgIpc) is 0.735. The van der Waals surface area contributed by atoms with Crippen LogP contribution in [0.5, 0.6) is 0 Å². The molecule has 0 aliphatic carbocycles. The molecule has 0 saturated carbocycles. The molecule has 2 unspecified atom stereocenters. The molecule has 0 spiro atoms. The first-order valence-electron chi connectivity index (χ1n) is 31.0. The minimum absolute atomic E-state index is 2.27. The van der Waals surface area contributed by atoms with Gasteiger partial charge in [-0.1, -0.05) is 70.6 Å². The van der Waals surface area contributed by atoms with Crippen molar-refractivity contribution in [1.82, 2.24) is 0 Å². The van der Waals surface area contributed by atoms with Crippen molar-refractivity contribution in [2.24, 2.45) is 30.9 Å². The van der Waals surface area contributed by atoms with Crippen LogP contribution in [0.3, 0.4) is 0 Å². The summed E-state index contributed by atoms with van der Waals surface area (Å²) in [6, 6.07) is 0. The third-order valence-electron chi connectivity index (χ3n) is 15.6. The van der Waals surface area contributed by atoms with Gasteiger partial charge in [-0.15, -0.1) is 30.9 Å². The van der Waals surface area contributed by atoms with E-state index in [0.717, 1.165) is 0 Å². The Morgan fingerprint density at radius 2 is 0.242 bits per heavy atom. The number of thioether (sulfide) groups is 6. The predicted molar refractivity (Wildman–Crippen MR) is 337 cm³/mol. The predicted octanol–water partition coefficient (Wildman–Crippen LogP) is 24.3. The van der Waals surface area contributed by atoms with Crippen molar-refractivity contribution >= 4 is 125 Å². The molecule has 11 rings (SSSR count). The summed E-state index contributed by atoms with van der Waals surface area (Å²) in [6.45, 7) is -16.1. The fourth-order valence-electron chi connectivity index (χ4n) is 9.89. The van der Waals surface area contributed by atoms with Crippen LogP contribution in [0.2, 0.25) is 0 Å². The highest BCUT2D eigenvalue weighted by atomic mass is 32.2. The second-order valence-electron chi connectivity index (χ2n) is 23.6. The van der Waals surface area contributed by atoms with E-state index in [1.54, 1.807) is 0 Å². The lowest BCUT2D eigenvalue weighted by Gasteiger charge is -2.37. The van der Waals surface area contributed by atoms with Crippen LogP contribution >= 0.6 is 70.6 Å². The number of fused-ring (bicyclic) bond motifs is 9. The van der Waals surface area contributed by atoms with Crippen molar-refractivity contribution in [3.8, 4) is 0 Å². The Labute approximate surface area is 708 Å². The lowest BCUT2D eigenvalue weighted by Crippen LogP contribution is -2.58. The van der Waals surface area contributed by atoms with Gasteiger partial charge in [0.05, 0.1) is 29.4 Å². The molecule has 0 amide bonds. The van der Waals surface area contributed by atoms with Crippen LogP contribution in [0.25, 0.3) is 0 Å². The van der Waals surface area contributed by atoms with Crippen LogP contribution in [0.1, 0.15) is 33.4 Å². The van der Waals surface area contributed by atoms with Gasteiger partial charge in [-0.05, 0) is 0 Å². The molecular weight excluding hydrogens is 2100 g/mol. The number of alkyl halides is 18. The molecule has 3 heterocycles. The molecule has 8 aromatic carbocycles. The van der Waals surface area contributed by atoms with E-state index < -0.39 is 423 Å². The first-order chi connectivity index (χ1) is 60.4. The molecule has 12 nitrogen and oxygen atoms in total. The van der Waals surface area contributed by atoms with Gasteiger partial charge in [0.2, 0.25) is 0 Å². The molecule has 72 heteroatoms. The zero-order valence-corrected chi connectivity index (χ0v) is 63.3. The number of benzene rings is 8. The van der Waals surface area contributed by atoms with Gasteiger partial charge in [-0.2, -0.15) is 79.0 Å². The van der Waals surface area contributed by atoms with Crippen molar-refractivity contribution < 1.29 is 257 Å². The number of hydrogen-bond acceptors (Lipinski definition) is 18. The van der Waals surface area contributed by atoms with Crippen LogP contribution in [0.4, 0.5) is 228 Å². The van der Waals surface area contributed by atoms with Gasteiger partial charge >= 0.3 is 50.6 Å². The first-order valence-corrected chi connectivity index (χ1v) is 35.9. The number of rotatable bonds is 8. The maximum atomic E-state index is 17.4. The van der Waals surface area contributed by atoms with E-state index in [1.807, 2.05) is 0 Å². The van der Waals surface area contributed by atoms with Crippen LogP contribution in [-0.4, -0.2) is 43.8 Å². The van der Waals surface area contributed by atoms with E-state index in [9.17, 15) is 79.0 Å². The lowest BCUT2D eigenvalue weighted by molar-refractivity contribution is -0.144. The number of nitrogens with zero attached hydrogens (tertiary/aromatic N) is 6. The van der Waals surface area contributed by atoms with Crippen LogP contribution in [0, 0.1) is 198 Å². The Balaban J connectivity index is 1.60. The fourth-order valence-corrected chi connectivity index (χ4v) is 15.2. The molecule has 2 atom stereocenters. The molecular formula is C60B2F52N6O6S6-2. The lowest BCUT2D eigenvalue weighted by atomic mass is 9.69. The number of hydrogen-bond donors (Lipinski definition) is 0. The summed E-state index contributed by atoms with van der Waals surface area (Å²) >= 11 is -14.0. The van der Waals surface area contributed by atoms with Gasteiger partial charge < -0.3 is 28.5 Å². The highest BCUT2D eigenvalue weighted by Gasteiger charge is 2.56. The van der Waals surface area contributed by atoms with Crippen molar-refractivity contribution in [3.63, 3.8) is 0 Å². The van der Waals surface area contributed by atoms with Gasteiger partial charge in [-0.25, -0.2) is 149 Å². The van der Waals surface area contributed by atoms with E-state index in [4.69, 9.17) is 0 Å². The van der Waals surface area contributed by atoms with Gasteiger partial charge in [0, 0.05) is 10.9 Å². The Kier molecular flexibility index (Phi) is 28.3. The number of oxime groups is 6. The maximum absolute atomic E-state index is 17.4. The monoisotopic (exact) mass is 2100 g/mol. The molecule has 0 radical (unpaired) electrons. The molecule has 8 aromatic rings. The second-order valence-corrected chi connectivity index (χ2v) is 29.6. The first kappa shape index (κ1) is 103. The Morgan fingerprint density at radius 3 is 0.341 bits per heavy atom. The standard InChI is InChI=1S/C60B2F52N6O6S6/c63-9-1(55(97,98)99)10(64)32(86)43(31(9)85)127-49-50(128-44-33(87)11(65)2(56(100,101)102)12(66)34(44)88)116-122-62(8-23(77)27(81)30(84)28(82)24(8)78)125-119-53(131-47-39(93)17(71)5(59(109,110)111)18(72)40(47)94)51(129-45-35(89)13(67)3(57(103,104)105)14(68)36(45)90)117-123-61(121-115-49,7-21(75)25(79)29(83)26(80)22(7)76)124-118-52(130-46-37(91)15(69)4(58(106,107)108)16(70)38(46)92)54(120-126-62)132-48-41(95)19(73)6(60(112,113)114)20(74)42(48)96/q-2/b115-49-,116-50-,117-51-,118-52?,119-53?,120-54-. The molecule has 714 valence electrons. The summed E-state index contributed by atoms with van der Waals surface area (Å²) in [5, 5.41) is -7.46. The molecule has 0 N–H and O–H groups in total. The van der Waals surface area contributed by atoms with E-state index in [2.05, 4.69) is 59.5 Å². The minimum atomic E-state index is -8.06. The normalized spacial score (nSPS) is 18.0. The van der Waals surface area contributed by atoms with Gasteiger partial charge in [0.25, 0.3) is 0 Å². The summed E-state index contributed by atoms with van der Waals surface area (Å²) < 4.78 is 835. The summed E-state index contributed by atoms with van der Waals surface area (Å²) in [6.07, 6.45) is -41.6. The van der Waals surface area contributed by atoms with E-state index in [1.165, 1.54) is 0 Å². The zero-order valence-electron chi connectivity index (χ0n) is 58.4. The van der Waals surface area contributed by atoms with Gasteiger partial charge in [-0.3, -0.25) is 0 Å². The summed E-state index contributed by atoms with van der Waals surface area (Å²) in [7, 11) is 0. The fraction of sp³-hybridized carbons (Fsp3) is 0.100. The average molecular weight is 2100 g/mol. The van der Waals surface area contributed by atoms with Crippen molar-refractivity contribution in [2.45, 2.75) is 66.4 Å². The molecule has 2 bridgehead atoms. The third kappa shape index (κ3) is 18.3. The summed E-state index contributed by atoms with van der Waals surface area (Å²) in [5.41, 5.74) is -31.9. The molecule has 3 aliphatic heterocycles. The second kappa shape index (κ2) is 36.2. The van der Waals surface area contributed by atoms with Crippen LogP contribution in [-0.2, 0) is 65.6 Å². The highest BCUT2D eigenvalue weighted by Crippen LogP contribution is 2.51. The van der Waals surface area contributed by atoms with Gasteiger partial charge in [0.15, 0.2) is 205 Å². The Morgan fingerprint density at radius 1 is 0.144 bits per heavy atom. The molecule has 3 aliphatic rings. The quantitative estimate of drug-likeness (QED) is 0.0621. The van der Waals surface area contributed by atoms with E-state index in [0.29, 0.717) is 0 Å². The largest absolute Gasteiger partial charge is 0.646 e. The smallest absolute Gasteiger partial charge is 0.535 e. The molecule has 0 aromatic heterocycles. The van der Waals surface area contributed by atoms with Crippen molar-refractivity contribution in [3.05, 3.63) is 231 Å². The Hall–Kier alpha value is -10.8. The topological polar surface area (TPSA) is 130 Å². The molecule has 0 fully saturated rings. The van der Waals surface area contributed by atoms with Crippen LogP contribution < -0.4 is 10.9 Å². The molecule has 132 heavy (non-hydrogen) atoms. The van der Waals surface area contributed by atoms with Crippen LogP contribution in [0.15, 0.2) is 60.3 Å². The Bertz CT molecular complexity index is 5320. The van der Waals surface area contributed by atoms with Gasteiger partial charge in [0.1, 0.15) is 56.6 Å².